The van der Waals surface area contributed by atoms with Crippen molar-refractivity contribution in [3.63, 3.8) is 0 Å². The monoisotopic (exact) mass is 200 g/mol. The first-order valence-electron chi connectivity index (χ1n) is 5.46. The van der Waals surface area contributed by atoms with Crippen molar-refractivity contribution in [3.8, 4) is 0 Å². The number of benzene rings is 1. The number of pyridine rings is 1. The fraction of sp³-hybridized carbons (Fsp3) is 0.308. The van der Waals surface area contributed by atoms with Gasteiger partial charge in [-0.25, -0.2) is 0 Å². The number of aryl methyl sites for hydroxylation is 1. The van der Waals surface area contributed by atoms with Gasteiger partial charge in [-0.05, 0) is 37.1 Å². The van der Waals surface area contributed by atoms with Crippen molar-refractivity contribution >= 4 is 16.6 Å². The van der Waals surface area contributed by atoms with E-state index < -0.39 is 0 Å². The molecule has 0 aliphatic carbocycles. The standard InChI is InChI=1S/C13H16N2/c1-3-10-5-6-12-11(9-10)13(14-4-2)7-8-15-12/h5-9H,3-4H2,1-2H3,(H,14,15). The fourth-order valence-corrected chi connectivity index (χ4v) is 1.76. The molecule has 2 aromatic rings. The predicted molar refractivity (Wildman–Crippen MR) is 65.3 cm³/mol. The average molecular weight is 200 g/mol. The molecule has 2 nitrogen and oxygen atoms in total. The molecule has 0 spiro atoms. The molecule has 0 radical (unpaired) electrons. The highest BCUT2D eigenvalue weighted by Gasteiger charge is 2.01. The summed E-state index contributed by atoms with van der Waals surface area (Å²) in [4.78, 5) is 4.36. The first kappa shape index (κ1) is 9.97. The van der Waals surface area contributed by atoms with Crippen LogP contribution in [0.2, 0.25) is 0 Å². The number of aromatic nitrogens is 1. The highest BCUT2D eigenvalue weighted by atomic mass is 14.9. The Bertz CT molecular complexity index is 463. The van der Waals surface area contributed by atoms with Gasteiger partial charge in [-0.3, -0.25) is 4.98 Å². The number of fused-ring (bicyclic) bond motifs is 1. The summed E-state index contributed by atoms with van der Waals surface area (Å²) < 4.78 is 0. The molecule has 0 aliphatic heterocycles. The Balaban J connectivity index is 2.59. The number of hydrogen-bond donors (Lipinski definition) is 1. The van der Waals surface area contributed by atoms with Crippen LogP contribution in [0.1, 0.15) is 19.4 Å². The quantitative estimate of drug-likeness (QED) is 0.822. The summed E-state index contributed by atoms with van der Waals surface area (Å²) in [6, 6.07) is 8.49. The van der Waals surface area contributed by atoms with Gasteiger partial charge in [0.15, 0.2) is 0 Å². The molecular formula is C13H16N2. The fourth-order valence-electron chi connectivity index (χ4n) is 1.76. The van der Waals surface area contributed by atoms with Gasteiger partial charge in [-0.2, -0.15) is 0 Å². The topological polar surface area (TPSA) is 24.9 Å². The van der Waals surface area contributed by atoms with Gasteiger partial charge in [0.2, 0.25) is 0 Å². The third-order valence-electron chi connectivity index (χ3n) is 2.58. The van der Waals surface area contributed by atoms with Gasteiger partial charge in [-0.1, -0.05) is 13.0 Å². The molecule has 2 heteroatoms. The van der Waals surface area contributed by atoms with E-state index in [9.17, 15) is 0 Å². The third-order valence-corrected chi connectivity index (χ3v) is 2.58. The van der Waals surface area contributed by atoms with Crippen molar-refractivity contribution in [2.24, 2.45) is 0 Å². The molecule has 1 heterocycles. The Morgan fingerprint density at radius 2 is 2.07 bits per heavy atom. The van der Waals surface area contributed by atoms with Crippen molar-refractivity contribution in [3.05, 3.63) is 36.0 Å². The van der Waals surface area contributed by atoms with Crippen molar-refractivity contribution in [2.45, 2.75) is 20.3 Å². The zero-order chi connectivity index (χ0) is 10.7. The molecule has 0 aliphatic rings. The first-order chi connectivity index (χ1) is 7.35. The molecule has 2 rings (SSSR count). The average Bonchev–Trinajstić information content (AvgIpc) is 2.29. The van der Waals surface area contributed by atoms with E-state index in [4.69, 9.17) is 0 Å². The minimum atomic E-state index is 0.940. The highest BCUT2D eigenvalue weighted by molar-refractivity contribution is 5.91. The normalized spacial score (nSPS) is 10.5. The van der Waals surface area contributed by atoms with E-state index in [0.29, 0.717) is 0 Å². The van der Waals surface area contributed by atoms with Gasteiger partial charge in [0.1, 0.15) is 0 Å². The molecule has 1 N–H and O–H groups in total. The van der Waals surface area contributed by atoms with Crippen LogP contribution in [0.25, 0.3) is 10.9 Å². The zero-order valence-electron chi connectivity index (χ0n) is 9.25. The smallest absolute Gasteiger partial charge is 0.0722 e. The molecule has 1 aromatic heterocycles. The maximum Gasteiger partial charge on any atom is 0.0722 e. The van der Waals surface area contributed by atoms with Crippen molar-refractivity contribution in [2.75, 3.05) is 11.9 Å². The summed E-state index contributed by atoms with van der Waals surface area (Å²) in [6.45, 7) is 5.22. The second kappa shape index (κ2) is 4.30. The van der Waals surface area contributed by atoms with E-state index in [1.54, 1.807) is 0 Å². The Morgan fingerprint density at radius 3 is 2.80 bits per heavy atom. The number of nitrogens with one attached hydrogen (secondary N) is 1. The summed E-state index contributed by atoms with van der Waals surface area (Å²) in [6.07, 6.45) is 2.92. The molecule has 0 saturated carbocycles. The number of rotatable bonds is 3. The Hall–Kier alpha value is -1.57. The summed E-state index contributed by atoms with van der Waals surface area (Å²) in [5.74, 6) is 0. The molecule has 0 atom stereocenters. The number of anilines is 1. The lowest BCUT2D eigenvalue weighted by molar-refractivity contribution is 1.14. The molecule has 0 bridgehead atoms. The van der Waals surface area contributed by atoms with Crippen molar-refractivity contribution < 1.29 is 0 Å². The summed E-state index contributed by atoms with van der Waals surface area (Å²) >= 11 is 0. The second-order valence-electron chi connectivity index (χ2n) is 3.59. The van der Waals surface area contributed by atoms with Gasteiger partial charge in [0.25, 0.3) is 0 Å². The minimum absolute atomic E-state index is 0.940. The molecule has 1 aromatic carbocycles. The van der Waals surface area contributed by atoms with Gasteiger partial charge in [0, 0.05) is 23.8 Å². The van der Waals surface area contributed by atoms with E-state index in [0.717, 1.165) is 18.5 Å². The molecule has 15 heavy (non-hydrogen) atoms. The molecular weight excluding hydrogens is 184 g/mol. The van der Waals surface area contributed by atoms with Gasteiger partial charge < -0.3 is 5.32 Å². The third kappa shape index (κ3) is 1.94. The molecule has 0 fully saturated rings. The molecule has 0 unspecified atom stereocenters. The van der Waals surface area contributed by atoms with Crippen LogP contribution < -0.4 is 5.32 Å². The first-order valence-corrected chi connectivity index (χ1v) is 5.46. The van der Waals surface area contributed by atoms with Crippen molar-refractivity contribution in [1.82, 2.24) is 4.98 Å². The summed E-state index contributed by atoms with van der Waals surface area (Å²) in [7, 11) is 0. The Morgan fingerprint density at radius 1 is 1.20 bits per heavy atom. The maximum atomic E-state index is 4.36. The number of nitrogens with zero attached hydrogens (tertiary/aromatic N) is 1. The van der Waals surface area contributed by atoms with Crippen molar-refractivity contribution in [1.29, 1.82) is 0 Å². The van der Waals surface area contributed by atoms with Crippen LogP contribution in [-0.2, 0) is 6.42 Å². The van der Waals surface area contributed by atoms with Crippen LogP contribution in [-0.4, -0.2) is 11.5 Å². The van der Waals surface area contributed by atoms with E-state index in [-0.39, 0.29) is 0 Å². The molecule has 0 saturated heterocycles. The Labute approximate surface area is 90.3 Å². The zero-order valence-corrected chi connectivity index (χ0v) is 9.25. The lowest BCUT2D eigenvalue weighted by Gasteiger charge is -2.08. The van der Waals surface area contributed by atoms with Crippen LogP contribution in [0.15, 0.2) is 30.5 Å². The summed E-state index contributed by atoms with van der Waals surface area (Å²) in [5.41, 5.74) is 3.60. The Kier molecular flexibility index (Phi) is 2.86. The minimum Gasteiger partial charge on any atom is -0.385 e. The molecule has 0 amide bonds. The van der Waals surface area contributed by atoms with Crippen LogP contribution in [0.5, 0.6) is 0 Å². The largest absolute Gasteiger partial charge is 0.385 e. The second-order valence-corrected chi connectivity index (χ2v) is 3.59. The van der Waals surface area contributed by atoms with E-state index in [2.05, 4.69) is 42.3 Å². The number of hydrogen-bond acceptors (Lipinski definition) is 2. The van der Waals surface area contributed by atoms with Gasteiger partial charge in [0.05, 0.1) is 5.52 Å². The SMILES string of the molecule is CCNc1ccnc2ccc(CC)cc12. The maximum absolute atomic E-state index is 4.36. The van der Waals surface area contributed by atoms with E-state index >= 15 is 0 Å². The van der Waals surface area contributed by atoms with Crippen LogP contribution in [0, 0.1) is 0 Å². The van der Waals surface area contributed by atoms with E-state index in [1.165, 1.54) is 16.6 Å². The molecule has 78 valence electrons. The lowest BCUT2D eigenvalue weighted by Crippen LogP contribution is -1.98. The highest BCUT2D eigenvalue weighted by Crippen LogP contribution is 2.22. The van der Waals surface area contributed by atoms with Gasteiger partial charge in [-0.15, -0.1) is 0 Å². The predicted octanol–water partition coefficient (Wildman–Crippen LogP) is 3.23. The summed E-state index contributed by atoms with van der Waals surface area (Å²) in [5, 5.41) is 4.58. The van der Waals surface area contributed by atoms with E-state index in [1.807, 2.05) is 12.3 Å². The van der Waals surface area contributed by atoms with Crippen LogP contribution in [0.3, 0.4) is 0 Å². The lowest BCUT2D eigenvalue weighted by atomic mass is 10.1. The van der Waals surface area contributed by atoms with Gasteiger partial charge >= 0.3 is 0 Å². The van der Waals surface area contributed by atoms with Crippen LogP contribution >= 0.6 is 0 Å². The van der Waals surface area contributed by atoms with Crippen LogP contribution in [0.4, 0.5) is 5.69 Å².